The molecule has 8 heteroatoms. The Labute approximate surface area is 166 Å². The van der Waals surface area contributed by atoms with Crippen LogP contribution in [0.5, 0.6) is 23.0 Å². The molecular weight excluding hydrogens is 416 g/mol. The molecule has 0 fully saturated rings. The van der Waals surface area contributed by atoms with Crippen LogP contribution in [-0.4, -0.2) is 40.6 Å². The molecule has 1 N–H and O–H groups in total. The van der Waals surface area contributed by atoms with E-state index in [4.69, 9.17) is 18.9 Å². The van der Waals surface area contributed by atoms with Crippen LogP contribution in [0, 0.1) is 0 Å². The lowest BCUT2D eigenvalue weighted by molar-refractivity contribution is -0.120. The van der Waals surface area contributed by atoms with Gasteiger partial charge in [-0.15, -0.1) is 0 Å². The van der Waals surface area contributed by atoms with E-state index in [-0.39, 0.29) is 12.3 Å². The second-order valence-corrected chi connectivity index (χ2v) is 6.24. The Bertz CT molecular complexity index is 839. The summed E-state index contributed by atoms with van der Waals surface area (Å²) in [6, 6.07) is 8.84. The summed E-state index contributed by atoms with van der Waals surface area (Å²) < 4.78 is 21.7. The van der Waals surface area contributed by atoms with E-state index in [0.29, 0.717) is 28.6 Å². The Morgan fingerprint density at radius 1 is 0.963 bits per heavy atom. The van der Waals surface area contributed by atoms with Crippen molar-refractivity contribution in [1.82, 2.24) is 5.43 Å². The molecule has 0 saturated heterocycles. The first-order valence-corrected chi connectivity index (χ1v) is 8.76. The average molecular weight is 437 g/mol. The van der Waals surface area contributed by atoms with E-state index in [2.05, 4.69) is 26.5 Å². The second kappa shape index (κ2) is 9.82. The molecule has 2 rings (SSSR count). The minimum absolute atomic E-state index is 0.154. The van der Waals surface area contributed by atoms with E-state index in [9.17, 15) is 4.79 Å². The highest BCUT2D eigenvalue weighted by Gasteiger charge is 2.10. The Hall–Kier alpha value is -2.74. The van der Waals surface area contributed by atoms with Crippen LogP contribution >= 0.6 is 15.9 Å². The van der Waals surface area contributed by atoms with Crippen molar-refractivity contribution in [2.45, 2.75) is 6.42 Å². The first-order valence-electron chi connectivity index (χ1n) is 7.96. The van der Waals surface area contributed by atoms with Crippen molar-refractivity contribution >= 4 is 28.1 Å². The number of carbonyl (C=O) groups excluding carboxylic acids is 1. The van der Waals surface area contributed by atoms with Gasteiger partial charge in [0.1, 0.15) is 11.5 Å². The maximum atomic E-state index is 12.1. The monoisotopic (exact) mass is 436 g/mol. The van der Waals surface area contributed by atoms with Gasteiger partial charge in [0.15, 0.2) is 11.5 Å². The molecule has 0 aliphatic rings. The molecule has 0 aromatic heterocycles. The molecule has 0 unspecified atom stereocenters. The number of halogens is 1. The maximum absolute atomic E-state index is 12.1. The number of hydrazone groups is 1. The Balaban J connectivity index is 2.04. The van der Waals surface area contributed by atoms with Crippen LogP contribution in [0.25, 0.3) is 0 Å². The summed E-state index contributed by atoms with van der Waals surface area (Å²) in [7, 11) is 6.23. The van der Waals surface area contributed by atoms with E-state index in [1.54, 1.807) is 58.8 Å². The molecule has 1 amide bonds. The Morgan fingerprint density at radius 3 is 2.26 bits per heavy atom. The van der Waals surface area contributed by atoms with E-state index >= 15 is 0 Å². The van der Waals surface area contributed by atoms with Gasteiger partial charge in [0.25, 0.3) is 0 Å². The standard InChI is InChI=1S/C19H21BrN2O5/c1-24-15-6-5-12(7-18(15)27-4)8-19(23)22-21-11-13-9-14(20)17(26-3)10-16(13)25-2/h5-7,9-11H,8H2,1-4H3,(H,22,23)/b21-11+. The highest BCUT2D eigenvalue weighted by molar-refractivity contribution is 9.10. The second-order valence-electron chi connectivity index (χ2n) is 5.39. The van der Waals surface area contributed by atoms with Crippen molar-refractivity contribution in [2.75, 3.05) is 28.4 Å². The van der Waals surface area contributed by atoms with Crippen LogP contribution in [0.4, 0.5) is 0 Å². The summed E-state index contributed by atoms with van der Waals surface area (Å²) >= 11 is 3.41. The van der Waals surface area contributed by atoms with Crippen LogP contribution in [-0.2, 0) is 11.2 Å². The number of hydrogen-bond acceptors (Lipinski definition) is 6. The summed E-state index contributed by atoms with van der Waals surface area (Å²) in [5.74, 6) is 2.13. The van der Waals surface area contributed by atoms with Gasteiger partial charge in [-0.2, -0.15) is 5.10 Å². The van der Waals surface area contributed by atoms with Crippen molar-refractivity contribution in [3.05, 3.63) is 45.9 Å². The molecule has 0 radical (unpaired) electrons. The average Bonchev–Trinajstić information content (AvgIpc) is 2.68. The van der Waals surface area contributed by atoms with Crippen LogP contribution < -0.4 is 24.4 Å². The summed E-state index contributed by atoms with van der Waals surface area (Å²) in [6.07, 6.45) is 1.66. The highest BCUT2D eigenvalue weighted by Crippen LogP contribution is 2.32. The number of nitrogens with one attached hydrogen (secondary N) is 1. The minimum atomic E-state index is -0.259. The molecule has 27 heavy (non-hydrogen) atoms. The molecule has 0 saturated carbocycles. The first kappa shape index (κ1) is 20.6. The van der Waals surface area contributed by atoms with Crippen LogP contribution in [0.1, 0.15) is 11.1 Å². The smallest absolute Gasteiger partial charge is 0.244 e. The van der Waals surface area contributed by atoms with Gasteiger partial charge in [-0.25, -0.2) is 5.43 Å². The zero-order valence-corrected chi connectivity index (χ0v) is 17.1. The zero-order valence-electron chi connectivity index (χ0n) is 15.5. The maximum Gasteiger partial charge on any atom is 0.244 e. The number of methoxy groups -OCH3 is 4. The normalized spacial score (nSPS) is 10.6. The van der Waals surface area contributed by atoms with E-state index in [1.807, 2.05) is 0 Å². The summed E-state index contributed by atoms with van der Waals surface area (Å²) in [5, 5.41) is 4.00. The lowest BCUT2D eigenvalue weighted by atomic mass is 10.1. The lowest BCUT2D eigenvalue weighted by Gasteiger charge is -2.10. The Morgan fingerprint density at radius 2 is 1.63 bits per heavy atom. The van der Waals surface area contributed by atoms with Crippen LogP contribution in [0.3, 0.4) is 0 Å². The SMILES string of the molecule is COc1cc(OC)c(/C=N/NC(=O)Cc2ccc(OC)c(OC)c2)cc1Br. The lowest BCUT2D eigenvalue weighted by Crippen LogP contribution is -2.19. The van der Waals surface area contributed by atoms with Gasteiger partial charge in [-0.05, 0) is 39.7 Å². The fourth-order valence-corrected chi connectivity index (χ4v) is 2.90. The van der Waals surface area contributed by atoms with E-state index in [0.717, 1.165) is 10.0 Å². The van der Waals surface area contributed by atoms with Gasteiger partial charge in [-0.3, -0.25) is 4.79 Å². The van der Waals surface area contributed by atoms with Gasteiger partial charge in [-0.1, -0.05) is 6.07 Å². The molecular formula is C19H21BrN2O5. The third-order valence-corrected chi connectivity index (χ3v) is 4.33. The van der Waals surface area contributed by atoms with Crippen molar-refractivity contribution in [1.29, 1.82) is 0 Å². The molecule has 0 heterocycles. The summed E-state index contributed by atoms with van der Waals surface area (Å²) in [5.41, 5.74) is 3.98. The predicted molar refractivity (Wildman–Crippen MR) is 106 cm³/mol. The van der Waals surface area contributed by atoms with Crippen LogP contribution in [0.15, 0.2) is 39.9 Å². The van der Waals surface area contributed by atoms with Gasteiger partial charge in [0.05, 0.1) is 45.5 Å². The molecule has 144 valence electrons. The number of benzene rings is 2. The molecule has 0 aliphatic heterocycles. The zero-order chi connectivity index (χ0) is 19.8. The quantitative estimate of drug-likeness (QED) is 0.507. The third-order valence-electron chi connectivity index (χ3n) is 3.71. The number of carbonyl (C=O) groups is 1. The van der Waals surface area contributed by atoms with Crippen molar-refractivity contribution in [3.63, 3.8) is 0 Å². The van der Waals surface area contributed by atoms with Crippen molar-refractivity contribution in [2.24, 2.45) is 5.10 Å². The van der Waals surface area contributed by atoms with Gasteiger partial charge < -0.3 is 18.9 Å². The first-order chi connectivity index (χ1) is 13.0. The molecule has 0 spiro atoms. The number of hydrogen-bond donors (Lipinski definition) is 1. The molecule has 0 bridgehead atoms. The van der Waals surface area contributed by atoms with Gasteiger partial charge in [0, 0.05) is 11.6 Å². The molecule has 2 aromatic carbocycles. The van der Waals surface area contributed by atoms with Crippen molar-refractivity contribution < 1.29 is 23.7 Å². The van der Waals surface area contributed by atoms with Crippen molar-refractivity contribution in [3.8, 4) is 23.0 Å². The predicted octanol–water partition coefficient (Wildman–Crippen LogP) is 3.18. The van der Waals surface area contributed by atoms with E-state index < -0.39 is 0 Å². The molecule has 2 aromatic rings. The summed E-state index contributed by atoms with van der Waals surface area (Å²) in [4.78, 5) is 12.1. The number of rotatable bonds is 8. The van der Waals surface area contributed by atoms with E-state index in [1.165, 1.54) is 6.21 Å². The van der Waals surface area contributed by atoms with Gasteiger partial charge >= 0.3 is 0 Å². The topological polar surface area (TPSA) is 78.4 Å². The van der Waals surface area contributed by atoms with Gasteiger partial charge in [0.2, 0.25) is 5.91 Å². The van der Waals surface area contributed by atoms with Crippen LogP contribution in [0.2, 0.25) is 0 Å². The third kappa shape index (κ3) is 5.37. The largest absolute Gasteiger partial charge is 0.496 e. The summed E-state index contributed by atoms with van der Waals surface area (Å²) in [6.45, 7) is 0. The molecule has 0 aliphatic carbocycles. The number of nitrogens with zero attached hydrogens (tertiary/aromatic N) is 1. The fourth-order valence-electron chi connectivity index (χ4n) is 2.37. The highest BCUT2D eigenvalue weighted by atomic mass is 79.9. The number of amides is 1. The minimum Gasteiger partial charge on any atom is -0.496 e. The number of ether oxygens (including phenoxy) is 4. The molecule has 7 nitrogen and oxygen atoms in total. The fraction of sp³-hybridized carbons (Fsp3) is 0.263. The molecule has 0 atom stereocenters. The Kier molecular flexibility index (Phi) is 7.48.